The fourth-order valence-corrected chi connectivity index (χ4v) is 3.10. The van der Waals surface area contributed by atoms with Gasteiger partial charge in [-0.25, -0.2) is 4.98 Å². The minimum atomic E-state index is -0.741. The van der Waals surface area contributed by atoms with Crippen LogP contribution in [0.4, 0.5) is 0 Å². The lowest BCUT2D eigenvalue weighted by Gasteiger charge is -2.04. The molecule has 0 aliphatic carbocycles. The Kier molecular flexibility index (Phi) is 3.43. The number of para-hydroxylation sites is 1. The average Bonchev–Trinajstić information content (AvgIpc) is 2.60. The topological polar surface area (TPSA) is 50.2 Å². The fraction of sp³-hybridized carbons (Fsp3) is 0.385. The third kappa shape index (κ3) is 2.82. The van der Waals surface area contributed by atoms with Crippen molar-refractivity contribution in [2.45, 2.75) is 26.7 Å². The summed E-state index contributed by atoms with van der Waals surface area (Å²) in [6.07, 6.45) is 0.944. The highest BCUT2D eigenvalue weighted by Gasteiger charge is 2.12. The quantitative estimate of drug-likeness (QED) is 0.904. The molecule has 1 aromatic carbocycles. The molecule has 3 nitrogen and oxygen atoms in total. The van der Waals surface area contributed by atoms with Crippen molar-refractivity contribution >= 4 is 27.5 Å². The van der Waals surface area contributed by atoms with Crippen molar-refractivity contribution in [3.8, 4) is 0 Å². The highest BCUT2D eigenvalue weighted by Crippen LogP contribution is 2.26. The minimum Gasteiger partial charge on any atom is -0.481 e. The van der Waals surface area contributed by atoms with Gasteiger partial charge in [0, 0.05) is 12.8 Å². The number of hydrogen-bond donors (Lipinski definition) is 1. The van der Waals surface area contributed by atoms with Gasteiger partial charge in [0.2, 0.25) is 0 Å². The number of rotatable bonds is 4. The summed E-state index contributed by atoms with van der Waals surface area (Å²) in [6.45, 7) is 4.00. The van der Waals surface area contributed by atoms with Crippen molar-refractivity contribution in [3.63, 3.8) is 0 Å². The third-order valence-electron chi connectivity index (χ3n) is 2.71. The molecule has 1 aromatic heterocycles. The minimum absolute atomic E-state index is 0.133. The Balaban J connectivity index is 2.20. The van der Waals surface area contributed by atoms with Gasteiger partial charge in [-0.05, 0) is 24.5 Å². The van der Waals surface area contributed by atoms with E-state index in [0.29, 0.717) is 0 Å². The van der Waals surface area contributed by atoms with Gasteiger partial charge in [0.1, 0.15) is 0 Å². The van der Waals surface area contributed by atoms with Crippen LogP contribution in [-0.2, 0) is 11.2 Å². The number of carboxylic acids is 1. The molecule has 1 N–H and O–H groups in total. The van der Waals surface area contributed by atoms with Crippen LogP contribution in [0.1, 0.15) is 23.9 Å². The normalized spacial score (nSPS) is 12.8. The van der Waals surface area contributed by atoms with Crippen molar-refractivity contribution in [3.05, 3.63) is 28.8 Å². The van der Waals surface area contributed by atoms with Gasteiger partial charge in [-0.2, -0.15) is 0 Å². The highest BCUT2D eigenvalue weighted by molar-refractivity contribution is 7.18. The molecule has 0 spiro atoms. The molecule has 2 aromatic rings. The SMILES string of the molecule is Cc1cccc2sc(CC(C)CC(=O)O)nc12. The molecular formula is C13H15NO2S. The Hall–Kier alpha value is -1.42. The summed E-state index contributed by atoms with van der Waals surface area (Å²) in [5, 5.41) is 9.76. The van der Waals surface area contributed by atoms with Crippen LogP contribution < -0.4 is 0 Å². The molecule has 4 heteroatoms. The molecule has 1 atom stereocenters. The van der Waals surface area contributed by atoms with Gasteiger partial charge in [0.15, 0.2) is 0 Å². The van der Waals surface area contributed by atoms with Crippen LogP contribution >= 0.6 is 11.3 Å². The predicted octanol–water partition coefficient (Wildman–Crippen LogP) is 3.26. The second-order valence-electron chi connectivity index (χ2n) is 4.44. The van der Waals surface area contributed by atoms with E-state index in [-0.39, 0.29) is 12.3 Å². The summed E-state index contributed by atoms with van der Waals surface area (Å²) in [5.41, 5.74) is 2.23. The van der Waals surface area contributed by atoms with Crippen molar-refractivity contribution < 1.29 is 9.90 Å². The molecule has 1 unspecified atom stereocenters. The number of carboxylic acid groups (broad SMARTS) is 1. The van der Waals surface area contributed by atoms with E-state index < -0.39 is 5.97 Å². The van der Waals surface area contributed by atoms with E-state index in [0.717, 1.165) is 16.9 Å². The number of aliphatic carboxylic acids is 1. The molecular weight excluding hydrogens is 234 g/mol. The molecule has 0 saturated heterocycles. The largest absolute Gasteiger partial charge is 0.481 e. The maximum Gasteiger partial charge on any atom is 0.303 e. The molecule has 0 aliphatic heterocycles. The van der Waals surface area contributed by atoms with Gasteiger partial charge in [-0.1, -0.05) is 19.1 Å². The molecule has 0 amide bonds. The lowest BCUT2D eigenvalue weighted by atomic mass is 10.1. The molecule has 17 heavy (non-hydrogen) atoms. The number of hydrogen-bond acceptors (Lipinski definition) is 3. The van der Waals surface area contributed by atoms with Gasteiger partial charge < -0.3 is 5.11 Å². The Bertz CT molecular complexity index is 547. The Labute approximate surface area is 104 Å². The van der Waals surface area contributed by atoms with Gasteiger partial charge >= 0.3 is 5.97 Å². The van der Waals surface area contributed by atoms with Gasteiger partial charge in [0.25, 0.3) is 0 Å². The Morgan fingerprint density at radius 3 is 2.94 bits per heavy atom. The number of fused-ring (bicyclic) bond motifs is 1. The first-order chi connectivity index (χ1) is 8.06. The van der Waals surface area contributed by atoms with Crippen molar-refractivity contribution in [2.24, 2.45) is 5.92 Å². The number of aryl methyl sites for hydroxylation is 1. The maximum atomic E-state index is 10.6. The second-order valence-corrected chi connectivity index (χ2v) is 5.55. The van der Waals surface area contributed by atoms with E-state index in [1.807, 2.05) is 26.0 Å². The van der Waals surface area contributed by atoms with Crippen LogP contribution in [-0.4, -0.2) is 16.1 Å². The first kappa shape index (κ1) is 12.0. The Morgan fingerprint density at radius 2 is 2.29 bits per heavy atom. The summed E-state index contributed by atoms with van der Waals surface area (Å²) >= 11 is 1.66. The number of carbonyl (C=O) groups is 1. The van der Waals surface area contributed by atoms with Crippen LogP contribution in [0.15, 0.2) is 18.2 Å². The fourth-order valence-electron chi connectivity index (χ4n) is 1.89. The van der Waals surface area contributed by atoms with E-state index in [1.165, 1.54) is 10.3 Å². The van der Waals surface area contributed by atoms with Crippen molar-refractivity contribution in [1.29, 1.82) is 0 Å². The van der Waals surface area contributed by atoms with E-state index in [2.05, 4.69) is 11.1 Å². The van der Waals surface area contributed by atoms with E-state index in [1.54, 1.807) is 11.3 Å². The van der Waals surface area contributed by atoms with E-state index in [4.69, 9.17) is 5.11 Å². The summed E-state index contributed by atoms with van der Waals surface area (Å²) in [6, 6.07) is 6.14. The maximum absolute atomic E-state index is 10.6. The van der Waals surface area contributed by atoms with E-state index in [9.17, 15) is 4.79 Å². The molecule has 1 heterocycles. The molecule has 90 valence electrons. The summed E-state index contributed by atoms with van der Waals surface area (Å²) < 4.78 is 1.18. The standard InChI is InChI=1S/C13H15NO2S/c1-8(7-12(15)16)6-11-14-13-9(2)4-3-5-10(13)17-11/h3-5,8H,6-7H2,1-2H3,(H,15,16). The lowest BCUT2D eigenvalue weighted by molar-refractivity contribution is -0.137. The van der Waals surface area contributed by atoms with Crippen LogP contribution in [0.2, 0.25) is 0 Å². The zero-order valence-corrected chi connectivity index (χ0v) is 10.8. The molecule has 2 rings (SSSR count). The van der Waals surface area contributed by atoms with Crippen LogP contribution in [0, 0.1) is 12.8 Å². The number of aromatic nitrogens is 1. The number of benzene rings is 1. The number of nitrogens with zero attached hydrogens (tertiary/aromatic N) is 1. The predicted molar refractivity (Wildman–Crippen MR) is 69.5 cm³/mol. The van der Waals surface area contributed by atoms with Crippen molar-refractivity contribution in [2.75, 3.05) is 0 Å². The van der Waals surface area contributed by atoms with Gasteiger partial charge in [0.05, 0.1) is 15.2 Å². The molecule has 0 bridgehead atoms. The van der Waals surface area contributed by atoms with Crippen LogP contribution in [0.3, 0.4) is 0 Å². The highest BCUT2D eigenvalue weighted by atomic mass is 32.1. The van der Waals surface area contributed by atoms with Crippen molar-refractivity contribution in [1.82, 2.24) is 4.98 Å². The summed E-state index contributed by atoms with van der Waals surface area (Å²) in [5.74, 6) is -0.608. The first-order valence-corrected chi connectivity index (χ1v) is 6.44. The number of thiazole rings is 1. The monoisotopic (exact) mass is 249 g/mol. The first-order valence-electron chi connectivity index (χ1n) is 5.63. The molecule has 0 saturated carbocycles. The van der Waals surface area contributed by atoms with Crippen LogP contribution in [0.25, 0.3) is 10.2 Å². The molecule has 0 aliphatic rings. The summed E-state index contributed by atoms with van der Waals surface area (Å²) in [7, 11) is 0. The molecule has 0 fully saturated rings. The lowest BCUT2D eigenvalue weighted by Crippen LogP contribution is -2.06. The summed E-state index contributed by atoms with van der Waals surface area (Å²) in [4.78, 5) is 15.2. The van der Waals surface area contributed by atoms with Crippen LogP contribution in [0.5, 0.6) is 0 Å². The third-order valence-corrected chi connectivity index (χ3v) is 3.75. The second kappa shape index (κ2) is 4.84. The van der Waals surface area contributed by atoms with Gasteiger partial charge in [-0.15, -0.1) is 11.3 Å². The van der Waals surface area contributed by atoms with E-state index >= 15 is 0 Å². The Morgan fingerprint density at radius 1 is 1.53 bits per heavy atom. The van der Waals surface area contributed by atoms with Gasteiger partial charge in [-0.3, -0.25) is 4.79 Å². The smallest absolute Gasteiger partial charge is 0.303 e. The average molecular weight is 249 g/mol. The zero-order chi connectivity index (χ0) is 12.4. The molecule has 0 radical (unpaired) electrons. The zero-order valence-electron chi connectivity index (χ0n) is 9.93.